The lowest BCUT2D eigenvalue weighted by atomic mass is 10.0. The van der Waals surface area contributed by atoms with Crippen LogP contribution in [-0.4, -0.2) is 32.2 Å². The fourth-order valence-electron chi connectivity index (χ4n) is 1.30. The van der Waals surface area contributed by atoms with Crippen LogP contribution in [0.5, 0.6) is 0 Å². The van der Waals surface area contributed by atoms with Crippen LogP contribution in [0.4, 0.5) is 0 Å². The SMILES string of the molecule is COCCCCCNC(=O)CC(N)C(C)C. The van der Waals surface area contributed by atoms with Crippen molar-refractivity contribution in [3.8, 4) is 0 Å². The smallest absolute Gasteiger partial charge is 0.221 e. The van der Waals surface area contributed by atoms with Gasteiger partial charge in [0.25, 0.3) is 0 Å². The Balaban J connectivity index is 3.37. The van der Waals surface area contributed by atoms with E-state index in [1.54, 1.807) is 7.11 Å². The van der Waals surface area contributed by atoms with E-state index < -0.39 is 0 Å². The Kier molecular flexibility index (Phi) is 9.24. The van der Waals surface area contributed by atoms with Gasteiger partial charge in [0, 0.05) is 32.7 Å². The summed E-state index contributed by atoms with van der Waals surface area (Å²) >= 11 is 0. The van der Waals surface area contributed by atoms with Gasteiger partial charge in [0.05, 0.1) is 0 Å². The zero-order valence-corrected chi connectivity index (χ0v) is 10.8. The maximum atomic E-state index is 11.4. The van der Waals surface area contributed by atoms with Gasteiger partial charge in [0.2, 0.25) is 5.91 Å². The summed E-state index contributed by atoms with van der Waals surface area (Å²) in [5.74, 6) is 0.417. The Morgan fingerprint density at radius 2 is 2.00 bits per heavy atom. The highest BCUT2D eigenvalue weighted by Crippen LogP contribution is 2.02. The van der Waals surface area contributed by atoms with Crippen molar-refractivity contribution in [1.29, 1.82) is 0 Å². The van der Waals surface area contributed by atoms with Crippen LogP contribution < -0.4 is 11.1 Å². The Morgan fingerprint density at radius 3 is 2.56 bits per heavy atom. The highest BCUT2D eigenvalue weighted by molar-refractivity contribution is 5.76. The number of hydrogen-bond donors (Lipinski definition) is 2. The Labute approximate surface area is 98.9 Å². The molecule has 1 atom stereocenters. The van der Waals surface area contributed by atoms with Crippen molar-refractivity contribution in [2.75, 3.05) is 20.3 Å². The number of nitrogens with one attached hydrogen (secondary N) is 1. The number of hydrogen-bond acceptors (Lipinski definition) is 3. The quantitative estimate of drug-likeness (QED) is 0.587. The van der Waals surface area contributed by atoms with Crippen molar-refractivity contribution < 1.29 is 9.53 Å². The van der Waals surface area contributed by atoms with Crippen molar-refractivity contribution in [1.82, 2.24) is 5.32 Å². The number of nitrogens with two attached hydrogens (primary N) is 1. The predicted molar refractivity (Wildman–Crippen MR) is 66.2 cm³/mol. The molecule has 4 heteroatoms. The molecule has 0 aromatic heterocycles. The predicted octanol–water partition coefficient (Wildman–Crippen LogP) is 1.29. The maximum Gasteiger partial charge on any atom is 0.221 e. The number of carbonyl (C=O) groups is 1. The highest BCUT2D eigenvalue weighted by atomic mass is 16.5. The number of carbonyl (C=O) groups excluding carboxylic acids is 1. The van der Waals surface area contributed by atoms with Crippen LogP contribution in [0.3, 0.4) is 0 Å². The summed E-state index contributed by atoms with van der Waals surface area (Å²) in [5.41, 5.74) is 5.81. The minimum absolute atomic E-state index is 0.0338. The minimum atomic E-state index is -0.0338. The molecular weight excluding hydrogens is 204 g/mol. The van der Waals surface area contributed by atoms with E-state index in [4.69, 9.17) is 10.5 Å². The number of rotatable bonds is 9. The molecule has 0 aromatic rings. The van der Waals surface area contributed by atoms with Crippen LogP contribution >= 0.6 is 0 Å². The summed E-state index contributed by atoms with van der Waals surface area (Å²) in [6.07, 6.45) is 3.57. The molecule has 3 N–H and O–H groups in total. The largest absolute Gasteiger partial charge is 0.385 e. The molecule has 0 spiro atoms. The van der Waals surface area contributed by atoms with Crippen LogP contribution in [-0.2, 0) is 9.53 Å². The lowest BCUT2D eigenvalue weighted by molar-refractivity contribution is -0.121. The third kappa shape index (κ3) is 8.68. The normalized spacial score (nSPS) is 12.8. The van der Waals surface area contributed by atoms with Gasteiger partial charge < -0.3 is 15.8 Å². The van der Waals surface area contributed by atoms with Gasteiger partial charge in [-0.05, 0) is 25.2 Å². The van der Waals surface area contributed by atoms with Gasteiger partial charge in [-0.1, -0.05) is 13.8 Å². The molecule has 0 aliphatic rings. The zero-order valence-electron chi connectivity index (χ0n) is 10.8. The Bertz CT molecular complexity index is 184. The van der Waals surface area contributed by atoms with Crippen molar-refractivity contribution >= 4 is 5.91 Å². The molecule has 1 unspecified atom stereocenters. The Morgan fingerprint density at radius 1 is 1.31 bits per heavy atom. The fraction of sp³-hybridized carbons (Fsp3) is 0.917. The van der Waals surface area contributed by atoms with Gasteiger partial charge >= 0.3 is 0 Å². The lowest BCUT2D eigenvalue weighted by Gasteiger charge is -2.14. The molecule has 0 aromatic carbocycles. The second-order valence-electron chi connectivity index (χ2n) is 4.52. The molecule has 1 amide bonds. The van der Waals surface area contributed by atoms with Gasteiger partial charge in [-0.2, -0.15) is 0 Å². The third-order valence-electron chi connectivity index (χ3n) is 2.62. The van der Waals surface area contributed by atoms with E-state index in [0.717, 1.165) is 32.4 Å². The van der Waals surface area contributed by atoms with Gasteiger partial charge in [0.15, 0.2) is 0 Å². The average molecular weight is 230 g/mol. The van der Waals surface area contributed by atoms with E-state index >= 15 is 0 Å². The molecule has 0 saturated heterocycles. The highest BCUT2D eigenvalue weighted by Gasteiger charge is 2.11. The van der Waals surface area contributed by atoms with Crippen LogP contribution in [0.15, 0.2) is 0 Å². The lowest BCUT2D eigenvalue weighted by Crippen LogP contribution is -2.35. The zero-order chi connectivity index (χ0) is 12.4. The van der Waals surface area contributed by atoms with Crippen LogP contribution in [0.25, 0.3) is 0 Å². The van der Waals surface area contributed by atoms with Crippen LogP contribution in [0.2, 0.25) is 0 Å². The van der Waals surface area contributed by atoms with E-state index in [1.165, 1.54) is 0 Å². The number of amides is 1. The second kappa shape index (κ2) is 9.60. The second-order valence-corrected chi connectivity index (χ2v) is 4.52. The molecule has 96 valence electrons. The van der Waals surface area contributed by atoms with Gasteiger partial charge in [-0.3, -0.25) is 4.79 Å². The summed E-state index contributed by atoms with van der Waals surface area (Å²) in [6, 6.07) is -0.0338. The first-order chi connectivity index (χ1) is 7.57. The van der Waals surface area contributed by atoms with Gasteiger partial charge in [-0.25, -0.2) is 0 Å². The van der Waals surface area contributed by atoms with Crippen molar-refractivity contribution in [3.63, 3.8) is 0 Å². The summed E-state index contributed by atoms with van der Waals surface area (Å²) in [6.45, 7) is 5.60. The van der Waals surface area contributed by atoms with Crippen molar-refractivity contribution in [2.24, 2.45) is 11.7 Å². The summed E-state index contributed by atoms with van der Waals surface area (Å²) in [5, 5.41) is 2.89. The number of ether oxygens (including phenoxy) is 1. The van der Waals surface area contributed by atoms with Crippen molar-refractivity contribution in [3.05, 3.63) is 0 Å². The first kappa shape index (κ1) is 15.4. The molecular formula is C12H26N2O2. The minimum Gasteiger partial charge on any atom is -0.385 e. The van der Waals surface area contributed by atoms with Crippen molar-refractivity contribution in [2.45, 2.75) is 45.6 Å². The molecule has 0 bridgehead atoms. The summed E-state index contributed by atoms with van der Waals surface area (Å²) < 4.78 is 4.94. The van der Waals surface area contributed by atoms with Gasteiger partial charge in [0.1, 0.15) is 0 Å². The maximum absolute atomic E-state index is 11.4. The molecule has 0 aliphatic heterocycles. The fourth-order valence-corrected chi connectivity index (χ4v) is 1.30. The molecule has 0 radical (unpaired) electrons. The standard InChI is InChI=1S/C12H26N2O2/c1-10(2)11(13)9-12(15)14-7-5-4-6-8-16-3/h10-11H,4-9,13H2,1-3H3,(H,14,15). The van der Waals surface area contributed by atoms with E-state index in [9.17, 15) is 4.79 Å². The molecule has 4 nitrogen and oxygen atoms in total. The first-order valence-corrected chi connectivity index (χ1v) is 6.09. The van der Waals surface area contributed by atoms with E-state index in [0.29, 0.717) is 12.3 Å². The molecule has 0 saturated carbocycles. The number of unbranched alkanes of at least 4 members (excludes halogenated alkanes) is 2. The average Bonchev–Trinajstić information content (AvgIpc) is 2.23. The molecule has 0 heterocycles. The van der Waals surface area contributed by atoms with Crippen LogP contribution in [0, 0.1) is 5.92 Å². The van der Waals surface area contributed by atoms with E-state index in [1.807, 2.05) is 13.8 Å². The Hall–Kier alpha value is -0.610. The summed E-state index contributed by atoms with van der Waals surface area (Å²) in [7, 11) is 1.70. The molecule has 0 rings (SSSR count). The topological polar surface area (TPSA) is 64.3 Å². The first-order valence-electron chi connectivity index (χ1n) is 6.09. The van der Waals surface area contributed by atoms with E-state index in [-0.39, 0.29) is 11.9 Å². The summed E-state index contributed by atoms with van der Waals surface area (Å²) in [4.78, 5) is 11.4. The van der Waals surface area contributed by atoms with Gasteiger partial charge in [-0.15, -0.1) is 0 Å². The molecule has 16 heavy (non-hydrogen) atoms. The monoisotopic (exact) mass is 230 g/mol. The van der Waals surface area contributed by atoms with Crippen LogP contribution in [0.1, 0.15) is 39.5 Å². The number of methoxy groups -OCH3 is 1. The third-order valence-corrected chi connectivity index (χ3v) is 2.62. The molecule has 0 aliphatic carbocycles. The van der Waals surface area contributed by atoms with E-state index in [2.05, 4.69) is 5.32 Å². The molecule has 0 fully saturated rings.